The number of rotatable bonds is 3. The fourth-order valence-electron chi connectivity index (χ4n) is 3.16. The summed E-state index contributed by atoms with van der Waals surface area (Å²) in [5.41, 5.74) is 0. The number of aryl methyl sites for hydroxylation is 1. The molecule has 2 fully saturated rings. The predicted octanol–water partition coefficient (Wildman–Crippen LogP) is 1.22. The maximum absolute atomic E-state index is 12.4. The standard InChI is InChI=1S/C16H24N4O2S/c1-13-17-11-14(23-13)16(22)20-9-7-18(8-10-20)12-15(21)19-5-3-2-4-6-19/h11H,2-10,12H2,1H3. The van der Waals surface area contributed by atoms with Gasteiger partial charge < -0.3 is 9.80 Å². The molecule has 0 atom stereocenters. The SMILES string of the molecule is Cc1ncc(C(=O)N2CCN(CC(=O)N3CCCCC3)CC2)s1. The first-order valence-electron chi connectivity index (χ1n) is 8.35. The van der Waals surface area contributed by atoms with Crippen molar-refractivity contribution in [1.82, 2.24) is 19.7 Å². The maximum Gasteiger partial charge on any atom is 0.265 e. The van der Waals surface area contributed by atoms with Crippen molar-refractivity contribution in [3.63, 3.8) is 0 Å². The van der Waals surface area contributed by atoms with Crippen LogP contribution in [0.3, 0.4) is 0 Å². The Hall–Kier alpha value is -1.47. The van der Waals surface area contributed by atoms with E-state index in [1.807, 2.05) is 16.7 Å². The fourth-order valence-corrected chi connectivity index (χ4v) is 3.91. The second kappa shape index (κ2) is 7.40. The van der Waals surface area contributed by atoms with Crippen LogP contribution < -0.4 is 0 Å². The summed E-state index contributed by atoms with van der Waals surface area (Å²) in [4.78, 5) is 35.6. The van der Waals surface area contributed by atoms with E-state index < -0.39 is 0 Å². The number of piperazine rings is 1. The summed E-state index contributed by atoms with van der Waals surface area (Å²) in [6.07, 6.45) is 5.15. The van der Waals surface area contributed by atoms with E-state index in [0.29, 0.717) is 24.5 Å². The minimum atomic E-state index is 0.0672. The van der Waals surface area contributed by atoms with Crippen molar-refractivity contribution >= 4 is 23.2 Å². The highest BCUT2D eigenvalue weighted by Gasteiger charge is 2.26. The zero-order chi connectivity index (χ0) is 16.2. The van der Waals surface area contributed by atoms with Gasteiger partial charge in [0.2, 0.25) is 5.91 Å². The smallest absolute Gasteiger partial charge is 0.265 e. The molecule has 7 heteroatoms. The number of hydrogen-bond acceptors (Lipinski definition) is 5. The molecule has 1 aromatic heterocycles. The lowest BCUT2D eigenvalue weighted by molar-refractivity contribution is -0.133. The normalized spacial score (nSPS) is 19.9. The largest absolute Gasteiger partial charge is 0.342 e. The van der Waals surface area contributed by atoms with Crippen molar-refractivity contribution in [2.45, 2.75) is 26.2 Å². The van der Waals surface area contributed by atoms with E-state index in [4.69, 9.17) is 0 Å². The first-order valence-corrected chi connectivity index (χ1v) is 9.17. The Labute approximate surface area is 141 Å². The van der Waals surface area contributed by atoms with Gasteiger partial charge in [-0.05, 0) is 26.2 Å². The third kappa shape index (κ3) is 4.09. The van der Waals surface area contributed by atoms with Crippen LogP contribution in [0.4, 0.5) is 0 Å². The van der Waals surface area contributed by atoms with Crippen molar-refractivity contribution in [2.75, 3.05) is 45.8 Å². The van der Waals surface area contributed by atoms with Gasteiger partial charge in [0.15, 0.2) is 0 Å². The number of nitrogens with zero attached hydrogens (tertiary/aromatic N) is 4. The average Bonchev–Trinajstić information content (AvgIpc) is 3.02. The van der Waals surface area contributed by atoms with Gasteiger partial charge in [-0.2, -0.15) is 0 Å². The molecule has 2 saturated heterocycles. The number of carbonyl (C=O) groups is 2. The number of thiazole rings is 1. The molecular formula is C16H24N4O2S. The molecule has 1 aromatic rings. The molecule has 6 nitrogen and oxygen atoms in total. The maximum atomic E-state index is 12.4. The number of likely N-dealkylation sites (tertiary alicyclic amines) is 1. The van der Waals surface area contributed by atoms with Gasteiger partial charge in [0, 0.05) is 39.3 Å². The van der Waals surface area contributed by atoms with Gasteiger partial charge in [0.25, 0.3) is 5.91 Å². The lowest BCUT2D eigenvalue weighted by atomic mass is 10.1. The van der Waals surface area contributed by atoms with Gasteiger partial charge in [-0.15, -0.1) is 11.3 Å². The van der Waals surface area contributed by atoms with Crippen molar-refractivity contribution < 1.29 is 9.59 Å². The van der Waals surface area contributed by atoms with Crippen molar-refractivity contribution in [2.24, 2.45) is 0 Å². The molecule has 0 bridgehead atoms. The molecule has 3 heterocycles. The molecule has 126 valence electrons. The summed E-state index contributed by atoms with van der Waals surface area (Å²) >= 11 is 1.44. The molecule has 0 saturated carbocycles. The van der Waals surface area contributed by atoms with Crippen LogP contribution in [0.2, 0.25) is 0 Å². The molecule has 0 spiro atoms. The Bertz CT molecular complexity index is 560. The zero-order valence-electron chi connectivity index (χ0n) is 13.7. The van der Waals surface area contributed by atoms with E-state index in [9.17, 15) is 9.59 Å². The van der Waals surface area contributed by atoms with E-state index in [0.717, 1.165) is 44.0 Å². The molecule has 2 aliphatic rings. The Morgan fingerprint density at radius 3 is 2.35 bits per heavy atom. The van der Waals surface area contributed by atoms with E-state index >= 15 is 0 Å². The van der Waals surface area contributed by atoms with E-state index in [1.54, 1.807) is 6.20 Å². The summed E-state index contributed by atoms with van der Waals surface area (Å²) in [6, 6.07) is 0. The first kappa shape index (κ1) is 16.4. The minimum absolute atomic E-state index is 0.0672. The highest BCUT2D eigenvalue weighted by Crippen LogP contribution is 2.16. The monoisotopic (exact) mass is 336 g/mol. The third-order valence-corrected chi connectivity index (χ3v) is 5.46. The quantitative estimate of drug-likeness (QED) is 0.833. The number of piperidine rings is 1. The van der Waals surface area contributed by atoms with E-state index in [1.165, 1.54) is 17.8 Å². The van der Waals surface area contributed by atoms with Crippen LogP contribution in [-0.4, -0.2) is 77.3 Å². The van der Waals surface area contributed by atoms with Crippen LogP contribution in [0.5, 0.6) is 0 Å². The lowest BCUT2D eigenvalue weighted by Gasteiger charge is -2.35. The summed E-state index contributed by atoms with van der Waals surface area (Å²) in [5.74, 6) is 0.306. The topological polar surface area (TPSA) is 56.8 Å². The Morgan fingerprint density at radius 2 is 1.74 bits per heavy atom. The Kier molecular flexibility index (Phi) is 5.27. The average molecular weight is 336 g/mol. The highest BCUT2D eigenvalue weighted by molar-refractivity contribution is 7.13. The Balaban J connectivity index is 1.46. The molecule has 23 heavy (non-hydrogen) atoms. The molecule has 0 aliphatic carbocycles. The second-order valence-electron chi connectivity index (χ2n) is 6.25. The Morgan fingerprint density at radius 1 is 1.04 bits per heavy atom. The van der Waals surface area contributed by atoms with Crippen LogP contribution in [0.1, 0.15) is 33.9 Å². The summed E-state index contributed by atoms with van der Waals surface area (Å²) < 4.78 is 0. The number of amides is 2. The van der Waals surface area contributed by atoms with Crippen LogP contribution in [0.25, 0.3) is 0 Å². The van der Waals surface area contributed by atoms with E-state index in [2.05, 4.69) is 9.88 Å². The van der Waals surface area contributed by atoms with E-state index in [-0.39, 0.29) is 11.8 Å². The van der Waals surface area contributed by atoms with Gasteiger partial charge in [-0.1, -0.05) is 0 Å². The van der Waals surface area contributed by atoms with Gasteiger partial charge in [0.05, 0.1) is 17.7 Å². The summed E-state index contributed by atoms with van der Waals surface area (Å²) in [5, 5.41) is 0.916. The van der Waals surface area contributed by atoms with Gasteiger partial charge >= 0.3 is 0 Å². The van der Waals surface area contributed by atoms with Gasteiger partial charge in [-0.25, -0.2) is 4.98 Å². The van der Waals surface area contributed by atoms with Gasteiger partial charge in [0.1, 0.15) is 4.88 Å². The predicted molar refractivity (Wildman–Crippen MR) is 89.6 cm³/mol. The molecule has 0 N–H and O–H groups in total. The summed E-state index contributed by atoms with van der Waals surface area (Å²) in [7, 11) is 0. The summed E-state index contributed by atoms with van der Waals surface area (Å²) in [6.45, 7) is 7.11. The molecule has 0 unspecified atom stereocenters. The minimum Gasteiger partial charge on any atom is -0.342 e. The first-order chi connectivity index (χ1) is 11.1. The molecule has 3 rings (SSSR count). The fraction of sp³-hybridized carbons (Fsp3) is 0.688. The highest BCUT2D eigenvalue weighted by atomic mass is 32.1. The lowest BCUT2D eigenvalue weighted by Crippen LogP contribution is -2.51. The van der Waals surface area contributed by atoms with Crippen molar-refractivity contribution in [3.8, 4) is 0 Å². The van der Waals surface area contributed by atoms with Crippen LogP contribution in [0, 0.1) is 6.92 Å². The van der Waals surface area contributed by atoms with Crippen LogP contribution in [0.15, 0.2) is 6.20 Å². The second-order valence-corrected chi connectivity index (χ2v) is 7.49. The third-order valence-electron chi connectivity index (χ3n) is 4.56. The molecule has 2 amide bonds. The molecule has 0 radical (unpaired) electrons. The number of aromatic nitrogens is 1. The molecule has 0 aromatic carbocycles. The van der Waals surface area contributed by atoms with Crippen molar-refractivity contribution in [3.05, 3.63) is 16.1 Å². The van der Waals surface area contributed by atoms with Crippen molar-refractivity contribution in [1.29, 1.82) is 0 Å². The van der Waals surface area contributed by atoms with Gasteiger partial charge in [-0.3, -0.25) is 14.5 Å². The van der Waals surface area contributed by atoms with Crippen LogP contribution in [-0.2, 0) is 4.79 Å². The molecule has 2 aliphatic heterocycles. The molecular weight excluding hydrogens is 312 g/mol. The van der Waals surface area contributed by atoms with Crippen LogP contribution >= 0.6 is 11.3 Å². The number of hydrogen-bond donors (Lipinski definition) is 0. The number of carbonyl (C=O) groups excluding carboxylic acids is 2. The zero-order valence-corrected chi connectivity index (χ0v) is 14.5.